The summed E-state index contributed by atoms with van der Waals surface area (Å²) in [6.45, 7) is 1.72. The molecule has 5 heteroatoms. The maximum absolute atomic E-state index is 12.8. The van der Waals surface area contributed by atoms with Crippen molar-refractivity contribution in [3.05, 3.63) is 71.3 Å². The standard InChI is InChI=1S/C20H18F3NO/c21-20(22,23)15-7-5-14(6-8-15)17-13-19(9-11-24-12-10-19)25-18-4-2-1-3-16(17)18/h1-8,13,24H,9-12H2. The number of halogens is 3. The van der Waals surface area contributed by atoms with Gasteiger partial charge < -0.3 is 10.1 Å². The highest BCUT2D eigenvalue weighted by atomic mass is 19.4. The Morgan fingerprint density at radius 3 is 2.28 bits per heavy atom. The molecule has 0 unspecified atom stereocenters. The Hall–Kier alpha value is -2.27. The van der Waals surface area contributed by atoms with Gasteiger partial charge in [0, 0.05) is 18.4 Å². The largest absolute Gasteiger partial charge is 0.482 e. The summed E-state index contributed by atoms with van der Waals surface area (Å²) < 4.78 is 44.8. The van der Waals surface area contributed by atoms with E-state index < -0.39 is 17.3 Å². The van der Waals surface area contributed by atoms with E-state index in [1.807, 2.05) is 24.3 Å². The first-order valence-electron chi connectivity index (χ1n) is 8.37. The molecule has 1 saturated heterocycles. The summed E-state index contributed by atoms with van der Waals surface area (Å²) in [5.41, 5.74) is 1.62. The van der Waals surface area contributed by atoms with Crippen LogP contribution in [-0.4, -0.2) is 18.7 Å². The number of hydrogen-bond acceptors (Lipinski definition) is 2. The van der Waals surface area contributed by atoms with Gasteiger partial charge in [0.15, 0.2) is 0 Å². The zero-order chi connectivity index (χ0) is 17.5. The van der Waals surface area contributed by atoms with Gasteiger partial charge in [-0.1, -0.05) is 30.3 Å². The molecule has 2 aliphatic heterocycles. The van der Waals surface area contributed by atoms with E-state index in [2.05, 4.69) is 11.4 Å². The highest BCUT2D eigenvalue weighted by Gasteiger charge is 2.37. The fourth-order valence-electron chi connectivity index (χ4n) is 3.54. The van der Waals surface area contributed by atoms with Gasteiger partial charge in [0.1, 0.15) is 11.4 Å². The van der Waals surface area contributed by atoms with Crippen LogP contribution in [0.5, 0.6) is 5.75 Å². The van der Waals surface area contributed by atoms with Crippen LogP contribution in [0.4, 0.5) is 13.2 Å². The minimum Gasteiger partial charge on any atom is -0.482 e. The summed E-state index contributed by atoms with van der Waals surface area (Å²) in [7, 11) is 0. The van der Waals surface area contributed by atoms with Gasteiger partial charge in [-0.25, -0.2) is 0 Å². The van der Waals surface area contributed by atoms with Gasteiger partial charge in [-0.3, -0.25) is 0 Å². The molecular weight excluding hydrogens is 327 g/mol. The third kappa shape index (κ3) is 3.04. The molecule has 1 fully saturated rings. The summed E-state index contributed by atoms with van der Waals surface area (Å²) in [6.07, 6.45) is -0.549. The number of nitrogens with one attached hydrogen (secondary N) is 1. The number of rotatable bonds is 1. The van der Waals surface area contributed by atoms with Crippen LogP contribution in [0, 0.1) is 0 Å². The number of fused-ring (bicyclic) bond motifs is 1. The van der Waals surface area contributed by atoms with E-state index in [0.29, 0.717) is 0 Å². The monoisotopic (exact) mass is 345 g/mol. The SMILES string of the molecule is FC(F)(F)c1ccc(C2=CC3(CCNCC3)Oc3ccccc32)cc1. The molecule has 25 heavy (non-hydrogen) atoms. The summed E-state index contributed by atoms with van der Waals surface area (Å²) >= 11 is 0. The lowest BCUT2D eigenvalue weighted by Crippen LogP contribution is -2.46. The molecule has 1 N–H and O–H groups in total. The van der Waals surface area contributed by atoms with Crippen LogP contribution in [-0.2, 0) is 6.18 Å². The second-order valence-corrected chi connectivity index (χ2v) is 6.55. The highest BCUT2D eigenvalue weighted by Crippen LogP contribution is 2.42. The van der Waals surface area contributed by atoms with Crippen molar-refractivity contribution in [2.45, 2.75) is 24.6 Å². The number of benzene rings is 2. The molecule has 4 rings (SSSR count). The molecule has 0 bridgehead atoms. The number of para-hydroxylation sites is 1. The minimum atomic E-state index is -4.32. The minimum absolute atomic E-state index is 0.391. The van der Waals surface area contributed by atoms with Gasteiger partial charge in [-0.15, -0.1) is 0 Å². The second kappa shape index (κ2) is 5.92. The Morgan fingerprint density at radius 1 is 0.920 bits per heavy atom. The molecule has 2 aromatic carbocycles. The summed E-state index contributed by atoms with van der Waals surface area (Å²) in [6, 6.07) is 13.1. The third-order valence-corrected chi connectivity index (χ3v) is 4.87. The van der Waals surface area contributed by atoms with Crippen molar-refractivity contribution < 1.29 is 17.9 Å². The van der Waals surface area contributed by atoms with Crippen LogP contribution in [0.25, 0.3) is 5.57 Å². The van der Waals surface area contributed by atoms with Gasteiger partial charge in [-0.05, 0) is 48.5 Å². The topological polar surface area (TPSA) is 21.3 Å². The van der Waals surface area contributed by atoms with Gasteiger partial charge in [-0.2, -0.15) is 13.2 Å². The Bertz CT molecular complexity index is 802. The molecule has 2 nitrogen and oxygen atoms in total. The van der Waals surface area contributed by atoms with E-state index in [0.717, 1.165) is 60.5 Å². The predicted molar refractivity (Wildman–Crippen MR) is 90.4 cm³/mol. The van der Waals surface area contributed by atoms with Crippen LogP contribution in [0.2, 0.25) is 0 Å². The summed E-state index contributed by atoms with van der Waals surface area (Å²) in [5, 5.41) is 3.32. The van der Waals surface area contributed by atoms with Crippen molar-refractivity contribution in [3.8, 4) is 5.75 Å². The van der Waals surface area contributed by atoms with Crippen LogP contribution >= 0.6 is 0 Å². The average Bonchev–Trinajstić information content (AvgIpc) is 2.61. The van der Waals surface area contributed by atoms with Crippen LogP contribution in [0.3, 0.4) is 0 Å². The van der Waals surface area contributed by atoms with E-state index >= 15 is 0 Å². The van der Waals surface area contributed by atoms with Gasteiger partial charge in [0.2, 0.25) is 0 Å². The molecule has 0 saturated carbocycles. The molecule has 1 spiro atoms. The lowest BCUT2D eigenvalue weighted by Gasteiger charge is -2.40. The Balaban J connectivity index is 1.79. The summed E-state index contributed by atoms with van der Waals surface area (Å²) in [5.74, 6) is 0.793. The van der Waals surface area contributed by atoms with Crippen LogP contribution in [0.15, 0.2) is 54.6 Å². The molecule has 0 amide bonds. The number of hydrogen-bond donors (Lipinski definition) is 1. The van der Waals surface area contributed by atoms with Crippen molar-refractivity contribution in [3.63, 3.8) is 0 Å². The molecule has 0 aromatic heterocycles. The van der Waals surface area contributed by atoms with Crippen LogP contribution < -0.4 is 10.1 Å². The molecule has 0 aliphatic carbocycles. The lowest BCUT2D eigenvalue weighted by molar-refractivity contribution is -0.137. The van der Waals surface area contributed by atoms with Gasteiger partial charge >= 0.3 is 6.18 Å². The van der Waals surface area contributed by atoms with E-state index in [1.165, 1.54) is 0 Å². The quantitative estimate of drug-likeness (QED) is 0.812. The van der Waals surface area contributed by atoms with E-state index in [9.17, 15) is 13.2 Å². The molecule has 0 radical (unpaired) electrons. The average molecular weight is 345 g/mol. The predicted octanol–water partition coefficient (Wildman–Crippen LogP) is 4.65. The first-order valence-corrected chi connectivity index (χ1v) is 8.37. The molecule has 2 heterocycles. The van der Waals surface area contributed by atoms with Crippen molar-refractivity contribution in [2.75, 3.05) is 13.1 Å². The number of ether oxygens (including phenoxy) is 1. The normalized spacial score (nSPS) is 19.1. The number of alkyl halides is 3. The van der Waals surface area contributed by atoms with Crippen molar-refractivity contribution in [2.24, 2.45) is 0 Å². The first-order chi connectivity index (χ1) is 12.0. The third-order valence-electron chi connectivity index (χ3n) is 4.87. The van der Waals surface area contributed by atoms with Crippen molar-refractivity contribution in [1.82, 2.24) is 5.32 Å². The van der Waals surface area contributed by atoms with Crippen molar-refractivity contribution in [1.29, 1.82) is 0 Å². The molecule has 130 valence electrons. The zero-order valence-corrected chi connectivity index (χ0v) is 13.6. The molecule has 2 aliphatic rings. The highest BCUT2D eigenvalue weighted by molar-refractivity contribution is 5.84. The number of piperidine rings is 1. The lowest BCUT2D eigenvalue weighted by atomic mass is 9.83. The second-order valence-electron chi connectivity index (χ2n) is 6.55. The van der Waals surface area contributed by atoms with Crippen LogP contribution in [0.1, 0.15) is 29.5 Å². The van der Waals surface area contributed by atoms with Gasteiger partial charge in [0.25, 0.3) is 0 Å². The maximum atomic E-state index is 12.8. The zero-order valence-electron chi connectivity index (χ0n) is 13.6. The Labute approximate surface area is 144 Å². The molecule has 0 atom stereocenters. The Kier molecular flexibility index (Phi) is 3.84. The fraction of sp³-hybridized carbons (Fsp3) is 0.300. The van der Waals surface area contributed by atoms with E-state index in [4.69, 9.17) is 4.74 Å². The Morgan fingerprint density at radius 2 is 1.60 bits per heavy atom. The summed E-state index contributed by atoms with van der Waals surface area (Å²) in [4.78, 5) is 0. The molecule has 2 aromatic rings. The van der Waals surface area contributed by atoms with E-state index in [1.54, 1.807) is 12.1 Å². The maximum Gasteiger partial charge on any atom is 0.416 e. The van der Waals surface area contributed by atoms with Gasteiger partial charge in [0.05, 0.1) is 5.56 Å². The first kappa shape index (κ1) is 16.2. The fourth-order valence-corrected chi connectivity index (χ4v) is 3.54. The molecular formula is C20H18F3NO. The van der Waals surface area contributed by atoms with Crippen molar-refractivity contribution >= 4 is 5.57 Å². The van der Waals surface area contributed by atoms with E-state index in [-0.39, 0.29) is 0 Å². The smallest absolute Gasteiger partial charge is 0.416 e.